The number of allylic oxidation sites excluding steroid dienone is 6. The maximum Gasteiger partial charge on any atom is 0.306 e. The Bertz CT molecular complexity index is 1120. The molecule has 0 fully saturated rings. The van der Waals surface area contributed by atoms with Gasteiger partial charge in [0.25, 0.3) is 0 Å². The van der Waals surface area contributed by atoms with Crippen LogP contribution in [0.5, 0.6) is 0 Å². The maximum absolute atomic E-state index is 13.3. The van der Waals surface area contributed by atoms with Gasteiger partial charge in [-0.25, -0.2) is 0 Å². The number of hydrogen-bond donors (Lipinski definition) is 3. The molecule has 0 aromatic rings. The lowest BCUT2D eigenvalue weighted by Crippen LogP contribution is -2.46. The second-order valence-electron chi connectivity index (χ2n) is 20.8. The maximum atomic E-state index is 13.3. The Kier molecular flexibility index (Phi) is 54.4. The summed E-state index contributed by atoms with van der Waals surface area (Å²) in [5.41, 5.74) is 0. The van der Waals surface area contributed by atoms with Crippen molar-refractivity contribution in [3.63, 3.8) is 0 Å². The summed E-state index contributed by atoms with van der Waals surface area (Å²) in [6.07, 6.45) is 67.9. The predicted octanol–water partition coefficient (Wildman–Crippen LogP) is 18.8. The molecule has 6 heteroatoms. The molecule has 0 aliphatic heterocycles. The molecule has 0 bridgehead atoms. The standard InChI is InChI=1S/C62H117NO5/c1-4-7-10-13-16-19-22-25-27-29-30-32-34-37-40-43-46-49-52-55-62(67)68-58(53-50-47-44-41-38-35-24-21-18-15-12-9-6-3)56-61(66)63-59(57-64)60(65)54-51-48-45-42-39-36-33-31-28-26-23-20-17-14-11-8-5-2/h9,12,15,18,21,24,58-60,64-65H,4-8,10-11,13-14,16-17,19-20,22-23,25-57H2,1-3H3,(H,63,66)/b12-9+,18-15+,24-21+. The van der Waals surface area contributed by atoms with E-state index in [1.54, 1.807) is 0 Å². The van der Waals surface area contributed by atoms with E-state index in [9.17, 15) is 19.8 Å². The quantitative estimate of drug-likeness (QED) is 0.0321. The van der Waals surface area contributed by atoms with Gasteiger partial charge in [0, 0.05) is 6.42 Å². The fraction of sp³-hybridized carbons (Fsp3) is 0.871. The van der Waals surface area contributed by atoms with Crippen molar-refractivity contribution in [3.8, 4) is 0 Å². The molecular formula is C62H117NO5. The summed E-state index contributed by atoms with van der Waals surface area (Å²) >= 11 is 0. The van der Waals surface area contributed by atoms with Gasteiger partial charge < -0.3 is 20.3 Å². The fourth-order valence-corrected chi connectivity index (χ4v) is 9.49. The second kappa shape index (κ2) is 56.0. The Morgan fingerprint density at radius 2 is 0.794 bits per heavy atom. The summed E-state index contributed by atoms with van der Waals surface area (Å²) in [5, 5.41) is 23.9. The Morgan fingerprint density at radius 1 is 0.441 bits per heavy atom. The normalized spacial score (nSPS) is 13.3. The smallest absolute Gasteiger partial charge is 0.306 e. The first-order chi connectivity index (χ1) is 33.5. The highest BCUT2D eigenvalue weighted by Crippen LogP contribution is 2.19. The summed E-state index contributed by atoms with van der Waals surface area (Å²) in [7, 11) is 0. The van der Waals surface area contributed by atoms with Gasteiger partial charge in [0.1, 0.15) is 6.10 Å². The zero-order valence-corrected chi connectivity index (χ0v) is 45.8. The van der Waals surface area contributed by atoms with E-state index in [0.717, 1.165) is 77.0 Å². The summed E-state index contributed by atoms with van der Waals surface area (Å²) in [6.45, 7) is 6.40. The molecule has 0 aliphatic carbocycles. The van der Waals surface area contributed by atoms with Gasteiger partial charge >= 0.3 is 5.97 Å². The van der Waals surface area contributed by atoms with Gasteiger partial charge in [0.05, 0.1) is 25.2 Å². The predicted molar refractivity (Wildman–Crippen MR) is 296 cm³/mol. The number of aliphatic hydroxyl groups is 2. The van der Waals surface area contributed by atoms with Gasteiger partial charge in [-0.3, -0.25) is 9.59 Å². The second-order valence-corrected chi connectivity index (χ2v) is 20.8. The number of nitrogens with one attached hydrogen (secondary N) is 1. The van der Waals surface area contributed by atoms with Crippen LogP contribution >= 0.6 is 0 Å². The topological polar surface area (TPSA) is 95.9 Å². The van der Waals surface area contributed by atoms with E-state index < -0.39 is 18.2 Å². The highest BCUT2D eigenvalue weighted by molar-refractivity contribution is 5.77. The average molecular weight is 957 g/mol. The van der Waals surface area contributed by atoms with Crippen LogP contribution in [-0.2, 0) is 14.3 Å². The van der Waals surface area contributed by atoms with E-state index in [2.05, 4.69) is 62.5 Å². The van der Waals surface area contributed by atoms with Crippen molar-refractivity contribution in [1.29, 1.82) is 0 Å². The molecule has 0 heterocycles. The van der Waals surface area contributed by atoms with Gasteiger partial charge in [-0.05, 0) is 44.9 Å². The number of ether oxygens (including phenoxy) is 1. The number of carbonyl (C=O) groups excluding carboxylic acids is 2. The van der Waals surface area contributed by atoms with Crippen molar-refractivity contribution < 1.29 is 24.5 Å². The van der Waals surface area contributed by atoms with Crippen molar-refractivity contribution in [2.75, 3.05) is 6.61 Å². The SMILES string of the molecule is CC/C=C/C=C/C=C/CCCCCCCC(CC(=O)NC(CO)C(O)CCCCCCCCCCCCCCCCCCC)OC(=O)CCCCCCCCCCCCCCCCCCCCC. The Labute approximate surface area is 424 Å². The van der Waals surface area contributed by atoms with E-state index in [0.29, 0.717) is 19.3 Å². The largest absolute Gasteiger partial charge is 0.462 e. The Hall–Kier alpha value is -1.92. The van der Waals surface area contributed by atoms with Crippen LogP contribution in [0.1, 0.15) is 323 Å². The van der Waals surface area contributed by atoms with E-state index in [4.69, 9.17) is 4.74 Å². The minimum absolute atomic E-state index is 0.0685. The van der Waals surface area contributed by atoms with Gasteiger partial charge in [-0.15, -0.1) is 0 Å². The van der Waals surface area contributed by atoms with Crippen LogP contribution in [0.3, 0.4) is 0 Å². The van der Waals surface area contributed by atoms with Gasteiger partial charge in [0.15, 0.2) is 0 Å². The molecule has 0 rings (SSSR count). The lowest BCUT2D eigenvalue weighted by Gasteiger charge is -2.24. The molecule has 400 valence electrons. The molecule has 0 aromatic heterocycles. The molecule has 0 saturated carbocycles. The number of aliphatic hydroxyl groups excluding tert-OH is 2. The fourth-order valence-electron chi connectivity index (χ4n) is 9.49. The molecule has 68 heavy (non-hydrogen) atoms. The number of hydrogen-bond acceptors (Lipinski definition) is 5. The molecule has 0 aliphatic rings. The molecular weight excluding hydrogens is 839 g/mol. The Morgan fingerprint density at radius 3 is 1.19 bits per heavy atom. The molecule has 0 spiro atoms. The van der Waals surface area contributed by atoms with Crippen molar-refractivity contribution in [3.05, 3.63) is 36.5 Å². The molecule has 3 N–H and O–H groups in total. The number of rotatable bonds is 55. The molecule has 0 aromatic carbocycles. The summed E-state index contributed by atoms with van der Waals surface area (Å²) in [5.74, 6) is -0.476. The summed E-state index contributed by atoms with van der Waals surface area (Å²) < 4.78 is 5.96. The monoisotopic (exact) mass is 956 g/mol. The molecule has 6 nitrogen and oxygen atoms in total. The molecule has 3 unspecified atom stereocenters. The first-order valence-electron chi connectivity index (χ1n) is 30.2. The van der Waals surface area contributed by atoms with Gasteiger partial charge in [0.2, 0.25) is 5.91 Å². The highest BCUT2D eigenvalue weighted by Gasteiger charge is 2.24. The van der Waals surface area contributed by atoms with E-state index in [1.807, 2.05) is 0 Å². The van der Waals surface area contributed by atoms with Crippen LogP contribution in [0.25, 0.3) is 0 Å². The van der Waals surface area contributed by atoms with Crippen LogP contribution < -0.4 is 5.32 Å². The molecule has 3 atom stereocenters. The average Bonchev–Trinajstić information content (AvgIpc) is 3.33. The van der Waals surface area contributed by atoms with Crippen molar-refractivity contribution in [2.24, 2.45) is 0 Å². The van der Waals surface area contributed by atoms with Crippen LogP contribution in [-0.4, -0.2) is 46.9 Å². The van der Waals surface area contributed by atoms with Gasteiger partial charge in [-0.2, -0.15) is 0 Å². The van der Waals surface area contributed by atoms with Crippen LogP contribution in [0, 0.1) is 0 Å². The lowest BCUT2D eigenvalue weighted by atomic mass is 10.0. The third-order valence-corrected chi connectivity index (χ3v) is 14.0. The highest BCUT2D eigenvalue weighted by atomic mass is 16.5. The Balaban J connectivity index is 4.45. The summed E-state index contributed by atoms with van der Waals surface area (Å²) in [4.78, 5) is 26.3. The number of esters is 1. The number of amides is 1. The first-order valence-corrected chi connectivity index (χ1v) is 30.2. The zero-order chi connectivity index (χ0) is 49.5. The summed E-state index contributed by atoms with van der Waals surface area (Å²) in [6, 6.07) is -0.707. The zero-order valence-electron chi connectivity index (χ0n) is 45.8. The minimum atomic E-state index is -0.792. The van der Waals surface area contributed by atoms with E-state index in [-0.39, 0.29) is 24.9 Å². The number of carbonyl (C=O) groups is 2. The van der Waals surface area contributed by atoms with Crippen molar-refractivity contribution >= 4 is 11.9 Å². The molecule has 0 saturated heterocycles. The van der Waals surface area contributed by atoms with E-state index in [1.165, 1.54) is 199 Å². The van der Waals surface area contributed by atoms with Crippen molar-refractivity contribution in [2.45, 2.75) is 341 Å². The van der Waals surface area contributed by atoms with Crippen LogP contribution in [0.4, 0.5) is 0 Å². The van der Waals surface area contributed by atoms with Gasteiger partial charge in [-0.1, -0.05) is 301 Å². The van der Waals surface area contributed by atoms with Crippen LogP contribution in [0.15, 0.2) is 36.5 Å². The molecule has 0 radical (unpaired) electrons. The lowest BCUT2D eigenvalue weighted by molar-refractivity contribution is -0.151. The third kappa shape index (κ3) is 50.5. The van der Waals surface area contributed by atoms with Crippen molar-refractivity contribution in [1.82, 2.24) is 5.32 Å². The first kappa shape index (κ1) is 66.1. The van der Waals surface area contributed by atoms with E-state index >= 15 is 0 Å². The third-order valence-electron chi connectivity index (χ3n) is 14.0. The van der Waals surface area contributed by atoms with Crippen LogP contribution in [0.2, 0.25) is 0 Å². The number of unbranched alkanes of at least 4 members (excludes halogenated alkanes) is 39. The minimum Gasteiger partial charge on any atom is -0.462 e. The molecule has 1 amide bonds.